The van der Waals surface area contributed by atoms with Crippen molar-refractivity contribution in [1.82, 2.24) is 19.6 Å². The van der Waals surface area contributed by atoms with Gasteiger partial charge in [0.2, 0.25) is 11.7 Å². The van der Waals surface area contributed by atoms with Gasteiger partial charge in [0.1, 0.15) is 18.1 Å². The monoisotopic (exact) mass is 434 g/mol. The average Bonchev–Trinajstić information content (AvgIpc) is 3.31. The first-order valence-electron chi connectivity index (χ1n) is 8.68. The van der Waals surface area contributed by atoms with Crippen molar-refractivity contribution in [3.63, 3.8) is 0 Å². The molecule has 0 aliphatic heterocycles. The minimum atomic E-state index is -0.359. The van der Waals surface area contributed by atoms with E-state index in [9.17, 15) is 9.18 Å². The second kappa shape index (κ2) is 8.47. The van der Waals surface area contributed by atoms with Gasteiger partial charge in [-0.1, -0.05) is 18.5 Å². The van der Waals surface area contributed by atoms with Gasteiger partial charge in [-0.05, 0) is 52.7 Å². The van der Waals surface area contributed by atoms with Crippen LogP contribution in [0, 0.1) is 5.82 Å². The Labute approximate surface area is 165 Å². The van der Waals surface area contributed by atoms with E-state index < -0.39 is 0 Å². The molecule has 3 aromatic rings. The van der Waals surface area contributed by atoms with Gasteiger partial charge in [0.05, 0.1) is 4.47 Å². The third-order valence-corrected chi connectivity index (χ3v) is 4.84. The Bertz CT molecular complexity index is 937. The molecule has 0 bridgehead atoms. The Morgan fingerprint density at radius 3 is 2.93 bits per heavy atom. The number of benzene rings is 1. The van der Waals surface area contributed by atoms with E-state index in [2.05, 4.69) is 33.0 Å². The largest absolute Gasteiger partial charge is 0.344 e. The first-order valence-corrected chi connectivity index (χ1v) is 9.47. The molecule has 6 nitrogen and oxygen atoms in total. The summed E-state index contributed by atoms with van der Waals surface area (Å²) in [5.41, 5.74) is 1.29. The first-order chi connectivity index (χ1) is 13.0. The van der Waals surface area contributed by atoms with Gasteiger partial charge in [0.15, 0.2) is 0 Å². The van der Waals surface area contributed by atoms with Crippen LogP contribution in [0.2, 0.25) is 0 Å². The molecule has 0 unspecified atom stereocenters. The van der Waals surface area contributed by atoms with Crippen LogP contribution in [0.4, 0.5) is 4.39 Å². The quantitative estimate of drug-likeness (QED) is 0.553. The summed E-state index contributed by atoms with van der Waals surface area (Å²) in [4.78, 5) is 18.5. The third kappa shape index (κ3) is 4.44. The van der Waals surface area contributed by atoms with E-state index in [1.165, 1.54) is 6.07 Å². The molecule has 0 spiro atoms. The zero-order chi connectivity index (χ0) is 19.4. The third-order valence-electron chi connectivity index (χ3n) is 4.23. The second-order valence-corrected chi connectivity index (χ2v) is 7.10. The normalized spacial score (nSPS) is 11.0. The number of likely N-dealkylation sites (N-methyl/N-ethyl adjacent to an activating group) is 1. The maximum absolute atomic E-state index is 13.4. The number of carbonyl (C=O) groups excluding carboxylic acids is 1. The lowest BCUT2D eigenvalue weighted by Crippen LogP contribution is -2.31. The number of hydrogen-bond donors (Lipinski definition) is 0. The molecule has 0 atom stereocenters. The molecule has 0 saturated carbocycles. The van der Waals surface area contributed by atoms with E-state index in [4.69, 9.17) is 4.52 Å². The Hall–Kier alpha value is -2.48. The fourth-order valence-corrected chi connectivity index (χ4v) is 2.99. The lowest BCUT2D eigenvalue weighted by atomic mass is 10.2. The lowest BCUT2D eigenvalue weighted by Gasteiger charge is -2.17. The molecular formula is C19H20BrFN4O2. The van der Waals surface area contributed by atoms with Gasteiger partial charge >= 0.3 is 0 Å². The molecule has 0 fully saturated rings. The van der Waals surface area contributed by atoms with Crippen molar-refractivity contribution in [3.05, 3.63) is 46.8 Å². The fraction of sp³-hybridized carbons (Fsp3) is 0.316. The van der Waals surface area contributed by atoms with Crippen molar-refractivity contribution in [2.45, 2.75) is 26.3 Å². The van der Waals surface area contributed by atoms with E-state index in [1.807, 2.05) is 12.1 Å². The Kier molecular flexibility index (Phi) is 6.05. The highest BCUT2D eigenvalue weighted by Crippen LogP contribution is 2.26. The first kappa shape index (κ1) is 19.3. The molecule has 27 heavy (non-hydrogen) atoms. The summed E-state index contributed by atoms with van der Waals surface area (Å²) in [5, 5.41) is 3.97. The molecular weight excluding hydrogens is 415 g/mol. The second-order valence-electron chi connectivity index (χ2n) is 6.24. The van der Waals surface area contributed by atoms with E-state index in [0.29, 0.717) is 27.4 Å². The minimum absolute atomic E-state index is 0.0168. The van der Waals surface area contributed by atoms with Gasteiger partial charge in [0, 0.05) is 25.4 Å². The van der Waals surface area contributed by atoms with Crippen molar-refractivity contribution in [2.75, 3.05) is 13.6 Å². The molecule has 0 N–H and O–H groups in total. The minimum Gasteiger partial charge on any atom is -0.344 e. The van der Waals surface area contributed by atoms with Crippen LogP contribution in [0.15, 0.2) is 45.5 Å². The van der Waals surface area contributed by atoms with E-state index in [-0.39, 0.29) is 18.3 Å². The van der Waals surface area contributed by atoms with Crippen LogP contribution >= 0.6 is 15.9 Å². The highest BCUT2D eigenvalue weighted by molar-refractivity contribution is 9.10. The topological polar surface area (TPSA) is 64.2 Å². The van der Waals surface area contributed by atoms with Gasteiger partial charge < -0.3 is 14.0 Å². The maximum Gasteiger partial charge on any atom is 0.274 e. The molecule has 1 aromatic carbocycles. The van der Waals surface area contributed by atoms with Gasteiger partial charge in [-0.3, -0.25) is 4.79 Å². The molecule has 0 radical (unpaired) electrons. The smallest absolute Gasteiger partial charge is 0.274 e. The average molecular weight is 435 g/mol. The predicted octanol–water partition coefficient (Wildman–Crippen LogP) is 4.37. The summed E-state index contributed by atoms with van der Waals surface area (Å²) in [7, 11) is 1.80. The summed E-state index contributed by atoms with van der Waals surface area (Å²) in [5.74, 6) is 0.314. The molecule has 0 saturated heterocycles. The number of hydrogen-bond acceptors (Lipinski definition) is 4. The van der Waals surface area contributed by atoms with Crippen LogP contribution in [0.25, 0.3) is 23.0 Å². The molecule has 8 heteroatoms. The van der Waals surface area contributed by atoms with Gasteiger partial charge in [-0.2, -0.15) is 4.98 Å². The maximum atomic E-state index is 13.4. The molecule has 142 valence electrons. The number of carbonyl (C=O) groups is 1. The number of rotatable bonds is 7. The summed E-state index contributed by atoms with van der Waals surface area (Å²) >= 11 is 3.15. The van der Waals surface area contributed by atoms with Crippen molar-refractivity contribution in [2.24, 2.45) is 0 Å². The van der Waals surface area contributed by atoms with Crippen LogP contribution in [-0.2, 0) is 11.3 Å². The number of amides is 1. The fourth-order valence-electron chi connectivity index (χ4n) is 2.61. The van der Waals surface area contributed by atoms with Crippen LogP contribution < -0.4 is 0 Å². The van der Waals surface area contributed by atoms with Gasteiger partial charge in [0.25, 0.3) is 5.89 Å². The molecule has 3 rings (SSSR count). The molecule has 2 heterocycles. The summed E-state index contributed by atoms with van der Waals surface area (Å²) in [6.07, 6.45) is 3.82. The Morgan fingerprint density at radius 1 is 1.37 bits per heavy atom. The Morgan fingerprint density at radius 2 is 2.19 bits per heavy atom. The molecule has 0 aliphatic carbocycles. The van der Waals surface area contributed by atoms with Crippen molar-refractivity contribution >= 4 is 21.8 Å². The van der Waals surface area contributed by atoms with E-state index >= 15 is 0 Å². The molecule has 2 aromatic heterocycles. The van der Waals surface area contributed by atoms with Gasteiger partial charge in [-0.25, -0.2) is 4.39 Å². The zero-order valence-electron chi connectivity index (χ0n) is 15.2. The van der Waals surface area contributed by atoms with Crippen LogP contribution in [0.3, 0.4) is 0 Å². The zero-order valence-corrected chi connectivity index (χ0v) is 16.7. The number of nitrogens with zero attached hydrogens (tertiary/aromatic N) is 4. The number of aromatic nitrogens is 3. The van der Waals surface area contributed by atoms with E-state index in [1.54, 1.807) is 34.8 Å². The summed E-state index contributed by atoms with van der Waals surface area (Å²) < 4.78 is 20.9. The van der Waals surface area contributed by atoms with E-state index in [0.717, 1.165) is 19.4 Å². The van der Waals surface area contributed by atoms with Crippen molar-refractivity contribution < 1.29 is 13.7 Å². The van der Waals surface area contributed by atoms with Crippen LogP contribution in [0.5, 0.6) is 0 Å². The highest BCUT2D eigenvalue weighted by Gasteiger charge is 2.17. The highest BCUT2D eigenvalue weighted by atomic mass is 79.9. The summed E-state index contributed by atoms with van der Waals surface area (Å²) in [6, 6.07) is 8.16. The van der Waals surface area contributed by atoms with Crippen molar-refractivity contribution in [1.29, 1.82) is 0 Å². The predicted molar refractivity (Wildman–Crippen MR) is 103 cm³/mol. The number of unbranched alkanes of at least 4 members (excludes halogenated alkanes) is 1. The standard InChI is InChI=1S/C19H20BrFN4O2/c1-3-4-9-24(2)17(26)12-25-10-5-6-16(25)19-22-18(23-27-19)13-7-8-15(21)14(20)11-13/h5-8,10-11H,3-4,9,12H2,1-2H3. The van der Waals surface area contributed by atoms with Crippen LogP contribution in [0.1, 0.15) is 19.8 Å². The Balaban J connectivity index is 1.79. The van der Waals surface area contributed by atoms with Gasteiger partial charge in [-0.15, -0.1) is 0 Å². The number of halogens is 2. The molecule has 0 aliphatic rings. The van der Waals surface area contributed by atoms with Crippen LogP contribution in [-0.4, -0.2) is 39.1 Å². The van der Waals surface area contributed by atoms with Crippen molar-refractivity contribution in [3.8, 4) is 23.0 Å². The SMILES string of the molecule is CCCCN(C)C(=O)Cn1cccc1-c1nc(-c2ccc(F)c(Br)c2)no1. The lowest BCUT2D eigenvalue weighted by molar-refractivity contribution is -0.130. The summed E-state index contributed by atoms with van der Waals surface area (Å²) in [6.45, 7) is 3.02. The molecule has 1 amide bonds.